The number of nitrogens with one attached hydrogen (secondary N) is 1. The first kappa shape index (κ1) is 23.4. The zero-order valence-corrected chi connectivity index (χ0v) is 20.0. The number of carbonyl (C=O) groups is 1. The second-order valence-corrected chi connectivity index (χ2v) is 8.97. The lowest BCUT2D eigenvalue weighted by Gasteiger charge is -2.27. The van der Waals surface area contributed by atoms with Crippen LogP contribution in [0, 0.1) is 0 Å². The number of aromatic nitrogens is 2. The summed E-state index contributed by atoms with van der Waals surface area (Å²) in [5, 5.41) is 4.90. The van der Waals surface area contributed by atoms with E-state index < -0.39 is 0 Å². The average Bonchev–Trinajstić information content (AvgIpc) is 3.32. The van der Waals surface area contributed by atoms with Crippen LogP contribution >= 0.6 is 11.3 Å². The number of hydrogen-bond acceptors (Lipinski definition) is 7. The zero-order valence-electron chi connectivity index (χ0n) is 19.2. The van der Waals surface area contributed by atoms with E-state index in [9.17, 15) is 4.79 Å². The molecule has 0 radical (unpaired) electrons. The van der Waals surface area contributed by atoms with Gasteiger partial charge in [-0.3, -0.25) is 14.7 Å². The van der Waals surface area contributed by atoms with Crippen LogP contribution < -0.4 is 10.1 Å². The number of anilines is 1. The number of methoxy groups -OCH3 is 1. The molecule has 0 atom stereocenters. The number of thiophene rings is 1. The second kappa shape index (κ2) is 11.4. The minimum Gasteiger partial charge on any atom is -0.496 e. The number of morpholine rings is 1. The van der Waals surface area contributed by atoms with Gasteiger partial charge in [-0.25, -0.2) is 4.98 Å². The number of rotatable bonds is 9. The molecule has 1 saturated heterocycles. The highest BCUT2D eigenvalue weighted by Gasteiger charge is 2.15. The predicted molar refractivity (Wildman–Crippen MR) is 132 cm³/mol. The Balaban J connectivity index is 1.50. The van der Waals surface area contributed by atoms with Gasteiger partial charge in [0.15, 0.2) is 0 Å². The Morgan fingerprint density at radius 2 is 2.03 bits per heavy atom. The Bertz CT molecular complexity index is 1080. The van der Waals surface area contributed by atoms with E-state index in [0.29, 0.717) is 6.42 Å². The molecule has 0 unspecified atom stereocenters. The van der Waals surface area contributed by atoms with Crippen LogP contribution in [0.25, 0.3) is 21.8 Å². The van der Waals surface area contributed by atoms with Crippen molar-refractivity contribution in [2.45, 2.75) is 32.7 Å². The molecule has 4 rings (SSSR count). The first-order valence-electron chi connectivity index (χ1n) is 11.3. The fourth-order valence-electron chi connectivity index (χ4n) is 3.76. The number of carbonyl (C=O) groups excluding carboxylic acids is 1. The van der Waals surface area contributed by atoms with Crippen LogP contribution in [0.5, 0.6) is 5.75 Å². The molecule has 0 bridgehead atoms. The van der Waals surface area contributed by atoms with E-state index in [-0.39, 0.29) is 5.91 Å². The van der Waals surface area contributed by atoms with Crippen molar-refractivity contribution < 1.29 is 14.3 Å². The molecule has 8 heteroatoms. The number of amides is 1. The van der Waals surface area contributed by atoms with Crippen LogP contribution in [-0.4, -0.2) is 54.2 Å². The number of unbranched alkanes of at least 4 members (excludes halogenated alkanes) is 1. The smallest absolute Gasteiger partial charge is 0.224 e. The monoisotopic (exact) mass is 466 g/mol. The summed E-state index contributed by atoms with van der Waals surface area (Å²) in [4.78, 5) is 24.6. The molecule has 33 heavy (non-hydrogen) atoms. The summed E-state index contributed by atoms with van der Waals surface area (Å²) in [6.45, 7) is 6.32. The minimum absolute atomic E-state index is 0.0466. The maximum Gasteiger partial charge on any atom is 0.224 e. The van der Waals surface area contributed by atoms with Gasteiger partial charge in [0.1, 0.15) is 5.75 Å². The van der Waals surface area contributed by atoms with Gasteiger partial charge in [-0.15, -0.1) is 11.3 Å². The van der Waals surface area contributed by atoms with Gasteiger partial charge in [0, 0.05) is 42.6 Å². The highest BCUT2D eigenvalue weighted by molar-refractivity contribution is 7.14. The molecular weight excluding hydrogens is 436 g/mol. The van der Waals surface area contributed by atoms with Crippen molar-refractivity contribution in [2.24, 2.45) is 0 Å². The van der Waals surface area contributed by atoms with Crippen LogP contribution in [0.3, 0.4) is 0 Å². The quantitative estimate of drug-likeness (QED) is 0.486. The topological polar surface area (TPSA) is 76.6 Å². The van der Waals surface area contributed by atoms with E-state index in [1.54, 1.807) is 30.8 Å². The Morgan fingerprint density at radius 1 is 1.21 bits per heavy atom. The Hall–Kier alpha value is -2.81. The van der Waals surface area contributed by atoms with E-state index in [1.165, 1.54) is 0 Å². The third kappa shape index (κ3) is 6.16. The standard InChI is InChI=1S/C25H30N4O3S/c1-3-4-5-25(30)27-20-13-24(33-17-20)22-15-26-14-21(28-22)18-6-7-19(23(12-18)31-2)16-29-8-10-32-11-9-29/h6-7,12-15,17H,3-5,8-11,16H2,1-2H3,(H,27,30). The van der Waals surface area contributed by atoms with E-state index >= 15 is 0 Å². The van der Waals surface area contributed by atoms with Gasteiger partial charge in [0.25, 0.3) is 0 Å². The molecule has 1 N–H and O–H groups in total. The largest absolute Gasteiger partial charge is 0.496 e. The lowest BCUT2D eigenvalue weighted by molar-refractivity contribution is -0.116. The van der Waals surface area contributed by atoms with Crippen molar-refractivity contribution in [3.63, 3.8) is 0 Å². The van der Waals surface area contributed by atoms with Crippen LogP contribution in [-0.2, 0) is 16.1 Å². The Labute approximate surface area is 198 Å². The zero-order chi connectivity index (χ0) is 23.0. The van der Waals surface area contributed by atoms with Gasteiger partial charge >= 0.3 is 0 Å². The van der Waals surface area contributed by atoms with Crippen molar-refractivity contribution in [3.8, 4) is 27.6 Å². The Kier molecular flexibility index (Phi) is 8.04. The molecule has 7 nitrogen and oxygen atoms in total. The second-order valence-electron chi connectivity index (χ2n) is 8.06. The molecule has 0 spiro atoms. The number of nitrogens with zero attached hydrogens (tertiary/aromatic N) is 3. The normalized spacial score (nSPS) is 14.2. The van der Waals surface area contributed by atoms with Crippen molar-refractivity contribution in [2.75, 3.05) is 38.7 Å². The van der Waals surface area contributed by atoms with Crippen molar-refractivity contribution in [1.29, 1.82) is 0 Å². The van der Waals surface area contributed by atoms with Crippen LogP contribution in [0.15, 0.2) is 42.0 Å². The third-order valence-corrected chi connectivity index (χ3v) is 6.56. The van der Waals surface area contributed by atoms with Crippen LogP contribution in [0.4, 0.5) is 5.69 Å². The summed E-state index contributed by atoms with van der Waals surface area (Å²) in [5.74, 6) is 0.893. The summed E-state index contributed by atoms with van der Waals surface area (Å²) in [6.07, 6.45) is 5.96. The molecule has 0 aliphatic carbocycles. The lowest BCUT2D eigenvalue weighted by atomic mass is 10.1. The van der Waals surface area contributed by atoms with E-state index in [2.05, 4.69) is 34.3 Å². The summed E-state index contributed by atoms with van der Waals surface area (Å²) >= 11 is 1.54. The van der Waals surface area contributed by atoms with Crippen LogP contribution in [0.2, 0.25) is 0 Å². The Morgan fingerprint density at radius 3 is 2.82 bits per heavy atom. The first-order chi connectivity index (χ1) is 16.2. The summed E-state index contributed by atoms with van der Waals surface area (Å²) in [6, 6.07) is 8.15. The van der Waals surface area contributed by atoms with Gasteiger partial charge in [0.05, 0.1) is 54.7 Å². The molecule has 0 saturated carbocycles. The predicted octanol–water partition coefficient (Wildman–Crippen LogP) is 4.84. The number of hydrogen-bond donors (Lipinski definition) is 1. The molecule has 174 valence electrons. The minimum atomic E-state index is 0.0466. The van der Waals surface area contributed by atoms with Crippen molar-refractivity contribution in [3.05, 3.63) is 47.6 Å². The van der Waals surface area contributed by atoms with Crippen molar-refractivity contribution in [1.82, 2.24) is 14.9 Å². The van der Waals surface area contributed by atoms with Gasteiger partial charge in [-0.1, -0.05) is 25.5 Å². The number of benzene rings is 1. The summed E-state index contributed by atoms with van der Waals surface area (Å²) < 4.78 is 11.1. The third-order valence-electron chi connectivity index (χ3n) is 5.61. The molecule has 3 aromatic rings. The lowest BCUT2D eigenvalue weighted by Crippen LogP contribution is -2.35. The summed E-state index contributed by atoms with van der Waals surface area (Å²) in [5.41, 5.74) is 4.47. The van der Waals surface area contributed by atoms with E-state index in [0.717, 1.165) is 84.5 Å². The summed E-state index contributed by atoms with van der Waals surface area (Å²) in [7, 11) is 1.70. The fourth-order valence-corrected chi connectivity index (χ4v) is 4.55. The van der Waals surface area contributed by atoms with E-state index in [4.69, 9.17) is 14.5 Å². The maximum atomic E-state index is 12.0. The molecule has 1 aliphatic rings. The highest BCUT2D eigenvalue weighted by atomic mass is 32.1. The average molecular weight is 467 g/mol. The number of ether oxygens (including phenoxy) is 2. The molecule has 1 fully saturated rings. The maximum absolute atomic E-state index is 12.0. The fraction of sp³-hybridized carbons (Fsp3) is 0.400. The molecule has 1 aromatic carbocycles. The first-order valence-corrected chi connectivity index (χ1v) is 12.2. The molecule has 2 aromatic heterocycles. The van der Waals surface area contributed by atoms with Gasteiger partial charge in [0.2, 0.25) is 5.91 Å². The molecule has 3 heterocycles. The van der Waals surface area contributed by atoms with E-state index in [1.807, 2.05) is 17.5 Å². The SMILES string of the molecule is CCCCC(=O)Nc1csc(-c2cncc(-c3ccc(CN4CCOCC4)c(OC)c3)n2)c1. The van der Waals surface area contributed by atoms with Crippen molar-refractivity contribution >= 4 is 22.9 Å². The van der Waals surface area contributed by atoms with Gasteiger partial charge in [-0.2, -0.15) is 0 Å². The van der Waals surface area contributed by atoms with Crippen LogP contribution in [0.1, 0.15) is 31.7 Å². The molecular formula is C25H30N4O3S. The highest BCUT2D eigenvalue weighted by Crippen LogP contribution is 2.31. The molecule has 1 amide bonds. The van der Waals surface area contributed by atoms with Gasteiger partial charge < -0.3 is 14.8 Å². The molecule has 1 aliphatic heterocycles. The van der Waals surface area contributed by atoms with Gasteiger partial charge in [-0.05, 0) is 18.6 Å².